The number of hydrogen-bond acceptors (Lipinski definition) is 9. The summed E-state index contributed by atoms with van der Waals surface area (Å²) in [7, 11) is 2.92. The van der Waals surface area contributed by atoms with E-state index in [1.807, 2.05) is 6.07 Å². The van der Waals surface area contributed by atoms with Gasteiger partial charge in [-0.25, -0.2) is 14.4 Å². The zero-order valence-electron chi connectivity index (χ0n) is 25.4. The molecule has 2 atom stereocenters. The first kappa shape index (κ1) is 32.9. The lowest BCUT2D eigenvalue weighted by Crippen LogP contribution is -2.35. The van der Waals surface area contributed by atoms with Crippen molar-refractivity contribution in [2.45, 2.75) is 44.5 Å². The van der Waals surface area contributed by atoms with E-state index >= 15 is 4.39 Å². The van der Waals surface area contributed by atoms with Crippen LogP contribution in [-0.4, -0.2) is 70.7 Å². The largest absolute Gasteiger partial charge is 0.481 e. The minimum Gasteiger partial charge on any atom is -0.481 e. The molecule has 0 radical (unpaired) electrons. The Kier molecular flexibility index (Phi) is 10.6. The van der Waals surface area contributed by atoms with Gasteiger partial charge in [0.05, 0.1) is 35.9 Å². The normalized spacial score (nSPS) is 15.2. The molecule has 3 aromatic heterocycles. The molecular formula is C32H35ClFN7O5. The van der Waals surface area contributed by atoms with Gasteiger partial charge in [-0.15, -0.1) is 0 Å². The monoisotopic (exact) mass is 651 g/mol. The molecule has 0 saturated carbocycles. The van der Waals surface area contributed by atoms with Crippen molar-refractivity contribution in [3.8, 4) is 28.3 Å². The Balaban J connectivity index is 1.33. The van der Waals surface area contributed by atoms with Gasteiger partial charge in [0.1, 0.15) is 11.5 Å². The number of ether oxygens (including phenoxy) is 1. The third-order valence-electron chi connectivity index (χ3n) is 7.76. The summed E-state index contributed by atoms with van der Waals surface area (Å²) in [5.41, 5.74) is 2.89. The summed E-state index contributed by atoms with van der Waals surface area (Å²) in [5, 5.41) is 21.8. The van der Waals surface area contributed by atoms with Gasteiger partial charge in [0.25, 0.3) is 5.56 Å². The highest BCUT2D eigenvalue weighted by Gasteiger charge is 2.22. The lowest BCUT2D eigenvalue weighted by atomic mass is 10.0. The van der Waals surface area contributed by atoms with E-state index in [9.17, 15) is 19.5 Å². The van der Waals surface area contributed by atoms with Crippen LogP contribution in [-0.2, 0) is 22.7 Å². The van der Waals surface area contributed by atoms with Crippen molar-refractivity contribution >= 4 is 29.1 Å². The molecule has 1 unspecified atom stereocenters. The Morgan fingerprint density at radius 1 is 1.22 bits per heavy atom. The molecule has 0 bridgehead atoms. The average molecular weight is 652 g/mol. The van der Waals surface area contributed by atoms with Gasteiger partial charge >= 0.3 is 0 Å². The number of fused-ring (bicyclic) bond motifs is 1. The van der Waals surface area contributed by atoms with Gasteiger partial charge < -0.3 is 31.1 Å². The van der Waals surface area contributed by atoms with E-state index < -0.39 is 11.9 Å². The molecule has 1 saturated heterocycles. The van der Waals surface area contributed by atoms with Crippen LogP contribution in [0.4, 0.5) is 4.39 Å². The van der Waals surface area contributed by atoms with E-state index in [-0.39, 0.29) is 60.9 Å². The lowest BCUT2D eigenvalue weighted by Gasteiger charge is -2.15. The minimum absolute atomic E-state index is 0.00518. The van der Waals surface area contributed by atoms with Crippen molar-refractivity contribution in [2.24, 2.45) is 0 Å². The predicted octanol–water partition coefficient (Wildman–Crippen LogP) is 2.18. The fourth-order valence-corrected chi connectivity index (χ4v) is 5.64. The maximum absolute atomic E-state index is 15.4. The number of carbonyl (C=O) groups is 2. The van der Waals surface area contributed by atoms with Gasteiger partial charge in [-0.2, -0.15) is 0 Å². The molecule has 4 aromatic rings. The molecule has 4 heterocycles. The number of carbonyl (C=O) groups excluding carboxylic acids is 2. The first-order valence-electron chi connectivity index (χ1n) is 14.8. The van der Waals surface area contributed by atoms with E-state index in [4.69, 9.17) is 16.3 Å². The molecule has 1 fully saturated rings. The number of nitrogens with one attached hydrogen (secondary N) is 4. The second kappa shape index (κ2) is 14.8. The number of hydrogen-bond donors (Lipinski definition) is 5. The minimum atomic E-state index is -0.889. The number of rotatable bonds is 13. The van der Waals surface area contributed by atoms with Crippen molar-refractivity contribution in [2.75, 3.05) is 27.2 Å². The Bertz CT molecular complexity index is 1820. The average Bonchev–Trinajstić information content (AvgIpc) is 3.47. The summed E-state index contributed by atoms with van der Waals surface area (Å²) < 4.78 is 22.2. The molecule has 46 heavy (non-hydrogen) atoms. The molecule has 242 valence electrons. The second-order valence-corrected chi connectivity index (χ2v) is 11.4. The number of nitrogens with zero attached hydrogens (tertiary/aromatic N) is 3. The molecule has 0 aliphatic carbocycles. The van der Waals surface area contributed by atoms with Gasteiger partial charge in [0.2, 0.25) is 17.7 Å². The molecule has 5 N–H and O–H groups in total. The van der Waals surface area contributed by atoms with Gasteiger partial charge in [-0.05, 0) is 24.1 Å². The Hall–Kier alpha value is -4.43. The number of pyridine rings is 2. The maximum Gasteiger partial charge on any atom is 0.262 e. The third-order valence-corrected chi connectivity index (χ3v) is 8.17. The molecule has 12 nitrogen and oxygen atoms in total. The number of aliphatic hydroxyl groups excluding tert-OH is 1. The maximum atomic E-state index is 15.4. The van der Waals surface area contributed by atoms with E-state index in [0.717, 1.165) is 6.42 Å². The smallest absolute Gasteiger partial charge is 0.262 e. The molecule has 0 spiro atoms. The number of amides is 2. The Morgan fingerprint density at radius 2 is 2.02 bits per heavy atom. The predicted molar refractivity (Wildman–Crippen MR) is 171 cm³/mol. The van der Waals surface area contributed by atoms with Crippen LogP contribution in [0.3, 0.4) is 0 Å². The van der Waals surface area contributed by atoms with Crippen LogP contribution >= 0.6 is 11.6 Å². The number of methoxy groups -OCH3 is 1. The first-order valence-corrected chi connectivity index (χ1v) is 15.2. The number of aromatic nitrogens is 3. The van der Waals surface area contributed by atoms with Crippen LogP contribution < -0.4 is 31.6 Å². The summed E-state index contributed by atoms with van der Waals surface area (Å²) in [6.07, 6.45) is 3.36. The van der Waals surface area contributed by atoms with Crippen molar-refractivity contribution in [1.29, 1.82) is 0 Å². The number of aliphatic hydroxyl groups is 1. The molecule has 1 aliphatic heterocycles. The summed E-state index contributed by atoms with van der Waals surface area (Å²) in [4.78, 5) is 45.0. The Morgan fingerprint density at radius 3 is 2.76 bits per heavy atom. The molecule has 1 aliphatic rings. The summed E-state index contributed by atoms with van der Waals surface area (Å²) in [6.45, 7) is 0.966. The highest BCUT2D eigenvalue weighted by molar-refractivity contribution is 6.36. The highest BCUT2D eigenvalue weighted by atomic mass is 35.5. The van der Waals surface area contributed by atoms with Crippen LogP contribution in [0.25, 0.3) is 28.0 Å². The highest BCUT2D eigenvalue weighted by Crippen LogP contribution is 2.37. The third kappa shape index (κ3) is 7.50. The van der Waals surface area contributed by atoms with E-state index in [1.54, 1.807) is 30.5 Å². The summed E-state index contributed by atoms with van der Waals surface area (Å²) in [6, 6.07) is 10.1. The van der Waals surface area contributed by atoms with Crippen molar-refractivity contribution in [1.82, 2.24) is 35.6 Å². The second-order valence-electron chi connectivity index (χ2n) is 11.0. The summed E-state index contributed by atoms with van der Waals surface area (Å²) in [5.74, 6) is -0.644. The fourth-order valence-electron chi connectivity index (χ4n) is 5.30. The van der Waals surface area contributed by atoms with Crippen molar-refractivity contribution in [3.05, 3.63) is 81.1 Å². The topological polar surface area (TPSA) is 159 Å². The zero-order chi connectivity index (χ0) is 32.8. The van der Waals surface area contributed by atoms with Crippen LogP contribution in [0.15, 0.2) is 53.6 Å². The number of halogens is 2. The van der Waals surface area contributed by atoms with Gasteiger partial charge in [0.15, 0.2) is 0 Å². The van der Waals surface area contributed by atoms with Crippen LogP contribution in [0.5, 0.6) is 5.88 Å². The molecule has 5 rings (SSSR count). The molecule has 14 heteroatoms. The van der Waals surface area contributed by atoms with Gasteiger partial charge in [0, 0.05) is 80.8 Å². The van der Waals surface area contributed by atoms with E-state index in [2.05, 4.69) is 31.2 Å². The molecule has 1 aromatic carbocycles. The summed E-state index contributed by atoms with van der Waals surface area (Å²) >= 11 is 6.87. The van der Waals surface area contributed by atoms with Crippen LogP contribution in [0.1, 0.15) is 30.4 Å². The van der Waals surface area contributed by atoms with Crippen LogP contribution in [0, 0.1) is 5.82 Å². The standard InChI is InChI=1S/C32H35ClFN7O5/c1-35-29(44)11-21(42)16-36-13-19-14-38-27-10-18(8-9-41(27)32(19)45)22-4-3-5-23(30(22)33)26-12-25(34)24(31(40-26)46-2)17-37-15-20-6-7-28(43)39-20/h3-5,8-10,12,14,20-21,36-37,42H,6-7,11,13,15-17H2,1-2H3,(H,35,44)(H,39,43)/t20-,21?/m0/s1. The fraction of sp³-hybridized carbons (Fsp3) is 0.344. The molecule has 2 amide bonds. The van der Waals surface area contributed by atoms with Crippen LogP contribution in [0.2, 0.25) is 5.02 Å². The van der Waals surface area contributed by atoms with Gasteiger partial charge in [-0.1, -0.05) is 29.8 Å². The van der Waals surface area contributed by atoms with E-state index in [0.29, 0.717) is 51.6 Å². The SMILES string of the molecule is CNC(=O)CC(O)CNCc1cnc2cc(-c3cccc(-c4cc(F)c(CNC[C@@H]5CCC(=O)N5)c(OC)n4)c3Cl)ccn2c1=O. The Labute approximate surface area is 269 Å². The zero-order valence-corrected chi connectivity index (χ0v) is 26.2. The number of benzene rings is 1. The molecular weight excluding hydrogens is 617 g/mol. The quantitative estimate of drug-likeness (QED) is 0.146. The lowest BCUT2D eigenvalue weighted by molar-refractivity contribution is -0.122. The van der Waals surface area contributed by atoms with E-state index in [1.165, 1.54) is 30.8 Å². The van der Waals surface area contributed by atoms with Crippen molar-refractivity contribution in [3.63, 3.8) is 0 Å². The van der Waals surface area contributed by atoms with Crippen molar-refractivity contribution < 1.29 is 23.8 Å². The first-order chi connectivity index (χ1) is 22.2. The van der Waals surface area contributed by atoms with Gasteiger partial charge in [-0.3, -0.25) is 18.8 Å².